The van der Waals surface area contributed by atoms with Crippen LogP contribution in [0.2, 0.25) is 0 Å². The molecule has 0 amide bonds. The molecule has 0 aromatic heterocycles. The van der Waals surface area contributed by atoms with Gasteiger partial charge in [-0.2, -0.15) is 13.2 Å². The Hall–Kier alpha value is -1.19. The maximum absolute atomic E-state index is 12.5. The Balaban J connectivity index is 0.00000441. The van der Waals surface area contributed by atoms with E-state index in [1.165, 1.54) is 12.1 Å². The molecular formula is C14H21F3IN3O. The third kappa shape index (κ3) is 8.30. The quantitative estimate of drug-likeness (QED) is 0.301. The second kappa shape index (κ2) is 10.5. The lowest BCUT2D eigenvalue weighted by Crippen LogP contribution is -2.34. The minimum Gasteiger partial charge on any atom is -0.492 e. The van der Waals surface area contributed by atoms with Gasteiger partial charge in [0.2, 0.25) is 0 Å². The van der Waals surface area contributed by atoms with Gasteiger partial charge in [-0.1, -0.05) is 19.4 Å². The fraction of sp³-hybridized carbons (Fsp3) is 0.500. The lowest BCUT2D eigenvalue weighted by Gasteiger charge is -2.11. The third-order valence-electron chi connectivity index (χ3n) is 2.63. The zero-order valence-electron chi connectivity index (χ0n) is 12.3. The maximum Gasteiger partial charge on any atom is 0.416 e. The van der Waals surface area contributed by atoms with Crippen molar-refractivity contribution in [2.75, 3.05) is 19.7 Å². The summed E-state index contributed by atoms with van der Waals surface area (Å²) in [7, 11) is 0. The second-order valence-corrected chi connectivity index (χ2v) is 4.42. The topological polar surface area (TPSA) is 59.6 Å². The molecule has 0 radical (unpaired) electrons. The molecule has 0 saturated carbocycles. The molecule has 0 atom stereocenters. The van der Waals surface area contributed by atoms with Gasteiger partial charge in [0.15, 0.2) is 5.96 Å². The second-order valence-electron chi connectivity index (χ2n) is 4.42. The molecule has 0 bridgehead atoms. The molecule has 3 N–H and O–H groups in total. The summed E-state index contributed by atoms with van der Waals surface area (Å²) in [6.07, 6.45) is -2.37. The zero-order valence-corrected chi connectivity index (χ0v) is 14.7. The number of benzene rings is 1. The van der Waals surface area contributed by atoms with Crippen LogP contribution in [-0.2, 0) is 6.18 Å². The number of hydrogen-bond donors (Lipinski definition) is 2. The number of halogens is 4. The van der Waals surface area contributed by atoms with Gasteiger partial charge in [-0.25, -0.2) is 0 Å². The highest BCUT2D eigenvalue weighted by atomic mass is 127. The van der Waals surface area contributed by atoms with E-state index in [4.69, 9.17) is 10.5 Å². The largest absolute Gasteiger partial charge is 0.492 e. The van der Waals surface area contributed by atoms with Crippen LogP contribution in [0.5, 0.6) is 5.75 Å². The van der Waals surface area contributed by atoms with Gasteiger partial charge < -0.3 is 15.8 Å². The molecule has 0 heterocycles. The predicted molar refractivity (Wildman–Crippen MR) is 91.8 cm³/mol. The summed E-state index contributed by atoms with van der Waals surface area (Å²) in [5.41, 5.74) is 4.88. The first-order valence-electron chi connectivity index (χ1n) is 6.77. The first kappa shape index (κ1) is 20.8. The summed E-state index contributed by atoms with van der Waals surface area (Å²) >= 11 is 0. The van der Waals surface area contributed by atoms with Gasteiger partial charge >= 0.3 is 6.18 Å². The van der Waals surface area contributed by atoms with Crippen LogP contribution in [0.3, 0.4) is 0 Å². The van der Waals surface area contributed by atoms with Gasteiger partial charge in [-0.3, -0.25) is 4.99 Å². The Labute approximate surface area is 145 Å². The molecule has 0 saturated heterocycles. The van der Waals surface area contributed by atoms with E-state index < -0.39 is 11.7 Å². The number of nitrogens with one attached hydrogen (secondary N) is 1. The van der Waals surface area contributed by atoms with Gasteiger partial charge in [0.25, 0.3) is 0 Å². The van der Waals surface area contributed by atoms with Crippen molar-refractivity contribution in [2.24, 2.45) is 10.7 Å². The third-order valence-corrected chi connectivity index (χ3v) is 2.63. The van der Waals surface area contributed by atoms with Gasteiger partial charge in [0.05, 0.1) is 12.1 Å². The number of ether oxygens (including phenoxy) is 1. The molecule has 126 valence electrons. The Kier molecular flexibility index (Phi) is 9.95. The Morgan fingerprint density at radius 1 is 1.36 bits per heavy atom. The van der Waals surface area contributed by atoms with Crippen molar-refractivity contribution in [1.29, 1.82) is 0 Å². The Morgan fingerprint density at radius 3 is 2.73 bits per heavy atom. The van der Waals surface area contributed by atoms with Crippen molar-refractivity contribution in [2.45, 2.75) is 25.9 Å². The number of aliphatic imine (C=N–C) groups is 1. The summed E-state index contributed by atoms with van der Waals surface area (Å²) in [6, 6.07) is 4.77. The first-order valence-corrected chi connectivity index (χ1v) is 6.77. The molecule has 0 spiro atoms. The van der Waals surface area contributed by atoms with Gasteiger partial charge in [-0.05, 0) is 24.6 Å². The van der Waals surface area contributed by atoms with Crippen LogP contribution < -0.4 is 15.8 Å². The summed E-state index contributed by atoms with van der Waals surface area (Å²) in [6.45, 7) is 3.29. The van der Waals surface area contributed by atoms with Crippen LogP contribution in [0.1, 0.15) is 25.3 Å². The molecule has 0 unspecified atom stereocenters. The number of hydrogen-bond acceptors (Lipinski definition) is 2. The van der Waals surface area contributed by atoms with Crippen molar-refractivity contribution in [3.05, 3.63) is 29.8 Å². The van der Waals surface area contributed by atoms with Crippen molar-refractivity contribution in [1.82, 2.24) is 5.32 Å². The van der Waals surface area contributed by atoms with E-state index >= 15 is 0 Å². The molecule has 1 rings (SSSR count). The molecule has 1 aromatic rings. The van der Waals surface area contributed by atoms with Gasteiger partial charge in [0, 0.05) is 6.54 Å². The molecule has 22 heavy (non-hydrogen) atoms. The van der Waals surface area contributed by atoms with Gasteiger partial charge in [0.1, 0.15) is 12.4 Å². The van der Waals surface area contributed by atoms with Crippen molar-refractivity contribution < 1.29 is 17.9 Å². The van der Waals surface area contributed by atoms with E-state index in [2.05, 4.69) is 17.2 Å². The van der Waals surface area contributed by atoms with Crippen LogP contribution in [0.4, 0.5) is 13.2 Å². The number of alkyl halides is 3. The minimum absolute atomic E-state index is 0. The smallest absolute Gasteiger partial charge is 0.416 e. The molecule has 0 aliphatic rings. The van der Waals surface area contributed by atoms with Crippen LogP contribution in [0.15, 0.2) is 29.3 Å². The van der Waals surface area contributed by atoms with E-state index in [-0.39, 0.29) is 36.3 Å². The molecule has 1 aromatic carbocycles. The van der Waals surface area contributed by atoms with E-state index in [0.29, 0.717) is 19.0 Å². The number of unbranched alkanes of at least 4 members (excludes halogenated alkanes) is 1. The monoisotopic (exact) mass is 431 g/mol. The van der Waals surface area contributed by atoms with Crippen molar-refractivity contribution >= 4 is 29.9 Å². The lowest BCUT2D eigenvalue weighted by atomic mass is 10.2. The lowest BCUT2D eigenvalue weighted by molar-refractivity contribution is -0.137. The van der Waals surface area contributed by atoms with Crippen LogP contribution in [0.25, 0.3) is 0 Å². The minimum atomic E-state index is -4.37. The Morgan fingerprint density at radius 2 is 2.09 bits per heavy atom. The van der Waals surface area contributed by atoms with Crippen molar-refractivity contribution in [3.63, 3.8) is 0 Å². The standard InChI is InChI=1S/C14H20F3N3O.HI/c1-2-3-7-19-13(18)20-8-9-21-12-6-4-5-11(10-12)14(15,16)17;/h4-6,10H,2-3,7-9H2,1H3,(H3,18,19,20);1H. The number of rotatable bonds is 7. The average Bonchev–Trinajstić information content (AvgIpc) is 2.43. The molecule has 8 heteroatoms. The van der Waals surface area contributed by atoms with Crippen molar-refractivity contribution in [3.8, 4) is 5.75 Å². The SMILES string of the molecule is CCCCN=C(N)NCCOc1cccc(C(F)(F)F)c1.I. The summed E-state index contributed by atoms with van der Waals surface area (Å²) in [5.74, 6) is 0.490. The predicted octanol–water partition coefficient (Wildman–Crippen LogP) is 3.41. The molecular weight excluding hydrogens is 410 g/mol. The van der Waals surface area contributed by atoms with E-state index in [1.807, 2.05) is 0 Å². The van der Waals surface area contributed by atoms with E-state index in [1.54, 1.807) is 0 Å². The zero-order chi connectivity index (χ0) is 15.7. The highest BCUT2D eigenvalue weighted by molar-refractivity contribution is 14.0. The molecule has 0 fully saturated rings. The highest BCUT2D eigenvalue weighted by Gasteiger charge is 2.30. The average molecular weight is 431 g/mol. The first-order chi connectivity index (χ1) is 9.93. The summed E-state index contributed by atoms with van der Waals surface area (Å²) in [4.78, 5) is 4.08. The normalized spacial score (nSPS) is 11.7. The molecule has 0 aliphatic heterocycles. The number of nitrogens with zero attached hydrogens (tertiary/aromatic N) is 1. The Bertz CT molecular complexity index is 467. The summed E-state index contributed by atoms with van der Waals surface area (Å²) in [5, 5.41) is 2.84. The van der Waals surface area contributed by atoms with E-state index in [9.17, 15) is 13.2 Å². The molecule has 0 aliphatic carbocycles. The van der Waals surface area contributed by atoms with Gasteiger partial charge in [-0.15, -0.1) is 24.0 Å². The van der Waals surface area contributed by atoms with E-state index in [0.717, 1.165) is 25.0 Å². The fourth-order valence-corrected chi connectivity index (χ4v) is 1.52. The number of nitrogens with two attached hydrogens (primary N) is 1. The maximum atomic E-state index is 12.5. The molecule has 4 nitrogen and oxygen atoms in total. The summed E-state index contributed by atoms with van der Waals surface area (Å²) < 4.78 is 42.8. The number of guanidine groups is 1. The van der Waals surface area contributed by atoms with Crippen LogP contribution >= 0.6 is 24.0 Å². The highest BCUT2D eigenvalue weighted by Crippen LogP contribution is 2.31. The fourth-order valence-electron chi connectivity index (χ4n) is 1.52. The van der Waals surface area contributed by atoms with Crippen LogP contribution in [0, 0.1) is 0 Å². The van der Waals surface area contributed by atoms with Crippen LogP contribution in [-0.4, -0.2) is 25.7 Å².